The second-order valence-electron chi connectivity index (χ2n) is 6.00. The summed E-state index contributed by atoms with van der Waals surface area (Å²) in [7, 11) is 0. The van der Waals surface area contributed by atoms with Gasteiger partial charge in [-0.3, -0.25) is 9.89 Å². The minimum atomic E-state index is -0.219. The Morgan fingerprint density at radius 1 is 1.25 bits per heavy atom. The molecule has 0 aliphatic carbocycles. The number of nitrogens with one attached hydrogen (secondary N) is 2. The summed E-state index contributed by atoms with van der Waals surface area (Å²) in [6, 6.07) is 1.93. The fourth-order valence-electron chi connectivity index (χ4n) is 2.52. The maximum atomic E-state index is 12.2. The molecule has 2 aromatic rings. The van der Waals surface area contributed by atoms with E-state index in [2.05, 4.69) is 25.5 Å². The van der Waals surface area contributed by atoms with Crippen molar-refractivity contribution in [2.45, 2.75) is 57.9 Å². The van der Waals surface area contributed by atoms with Crippen LogP contribution in [0.5, 0.6) is 0 Å². The lowest BCUT2D eigenvalue weighted by Gasteiger charge is -2.11. The Labute approximate surface area is 147 Å². The molecule has 0 aliphatic heterocycles. The molecule has 0 bridgehead atoms. The van der Waals surface area contributed by atoms with E-state index in [1.807, 2.05) is 40.7 Å². The van der Waals surface area contributed by atoms with Crippen LogP contribution in [0.25, 0.3) is 0 Å². The van der Waals surface area contributed by atoms with E-state index in [4.69, 9.17) is 0 Å². The van der Waals surface area contributed by atoms with E-state index in [9.17, 15) is 4.79 Å². The highest BCUT2D eigenvalue weighted by Gasteiger charge is 2.16. The van der Waals surface area contributed by atoms with Crippen molar-refractivity contribution in [2.24, 2.45) is 0 Å². The second kappa shape index (κ2) is 8.28. The van der Waals surface area contributed by atoms with Gasteiger partial charge in [-0.15, -0.1) is 0 Å². The van der Waals surface area contributed by atoms with Crippen molar-refractivity contribution in [1.82, 2.24) is 25.5 Å². The van der Waals surface area contributed by atoms with Gasteiger partial charge in [0, 0.05) is 23.6 Å². The van der Waals surface area contributed by atoms with Crippen molar-refractivity contribution in [3.05, 3.63) is 34.4 Å². The van der Waals surface area contributed by atoms with Gasteiger partial charge in [0.15, 0.2) is 5.16 Å². The van der Waals surface area contributed by atoms with Crippen LogP contribution in [0.15, 0.2) is 11.2 Å². The maximum absolute atomic E-state index is 12.2. The Morgan fingerprint density at radius 3 is 2.50 bits per heavy atom. The van der Waals surface area contributed by atoms with Gasteiger partial charge in [0.2, 0.25) is 5.91 Å². The Bertz CT molecular complexity index is 673. The van der Waals surface area contributed by atoms with E-state index in [1.54, 1.807) is 0 Å². The summed E-state index contributed by atoms with van der Waals surface area (Å²) in [6.45, 7) is 10.4. The van der Waals surface area contributed by atoms with E-state index in [1.165, 1.54) is 17.3 Å². The Morgan fingerprint density at radius 2 is 1.92 bits per heavy atom. The fraction of sp³-hybridized carbons (Fsp3) is 0.529. The van der Waals surface area contributed by atoms with Gasteiger partial charge < -0.3 is 5.32 Å². The molecule has 130 valence electrons. The van der Waals surface area contributed by atoms with Gasteiger partial charge in [-0.2, -0.15) is 5.10 Å². The SMILES string of the molecule is Cc1cc(C)nc(S[C@H](C)C(=O)NCCCc2c(C)n[nH]c2C)n1. The summed E-state index contributed by atoms with van der Waals surface area (Å²) >= 11 is 1.39. The molecule has 0 fully saturated rings. The first-order valence-corrected chi connectivity index (χ1v) is 9.02. The maximum Gasteiger partial charge on any atom is 0.233 e. The number of carbonyl (C=O) groups is 1. The molecule has 2 aromatic heterocycles. The molecule has 2 rings (SSSR count). The lowest BCUT2D eigenvalue weighted by molar-refractivity contribution is -0.120. The number of aromatic nitrogens is 4. The quantitative estimate of drug-likeness (QED) is 0.457. The average Bonchev–Trinajstić information content (AvgIpc) is 2.81. The molecule has 0 aliphatic rings. The second-order valence-corrected chi connectivity index (χ2v) is 7.31. The van der Waals surface area contributed by atoms with Crippen molar-refractivity contribution < 1.29 is 4.79 Å². The third-order valence-corrected chi connectivity index (χ3v) is 4.76. The molecule has 0 aromatic carbocycles. The van der Waals surface area contributed by atoms with Crippen molar-refractivity contribution in [2.75, 3.05) is 6.54 Å². The molecule has 1 amide bonds. The summed E-state index contributed by atoms with van der Waals surface area (Å²) in [6.07, 6.45) is 1.81. The van der Waals surface area contributed by atoms with Gasteiger partial charge >= 0.3 is 0 Å². The first-order valence-electron chi connectivity index (χ1n) is 8.14. The minimum absolute atomic E-state index is 0.0170. The Balaban J connectivity index is 1.77. The summed E-state index contributed by atoms with van der Waals surface area (Å²) in [5.74, 6) is 0.0170. The van der Waals surface area contributed by atoms with Crippen LogP contribution in [0, 0.1) is 27.7 Å². The van der Waals surface area contributed by atoms with Gasteiger partial charge in [0.25, 0.3) is 0 Å². The first-order chi connectivity index (χ1) is 11.4. The number of carbonyl (C=O) groups excluding carboxylic acids is 1. The Kier molecular flexibility index (Phi) is 6.36. The topological polar surface area (TPSA) is 83.6 Å². The van der Waals surface area contributed by atoms with E-state index in [0.717, 1.165) is 35.6 Å². The molecular weight excluding hydrogens is 322 g/mol. The highest BCUT2D eigenvalue weighted by Crippen LogP contribution is 2.20. The first kappa shape index (κ1) is 18.4. The molecular formula is C17H25N5OS. The predicted molar refractivity (Wildman–Crippen MR) is 96.2 cm³/mol. The van der Waals surface area contributed by atoms with Crippen LogP contribution < -0.4 is 5.32 Å². The standard InChI is InChI=1S/C17H25N5OS/c1-10-9-11(2)20-17(19-10)24-14(5)16(23)18-8-6-7-15-12(3)21-22-13(15)4/h9,14H,6-8H2,1-5H3,(H,18,23)(H,21,22)/t14-/m1/s1. The van der Waals surface area contributed by atoms with E-state index < -0.39 is 0 Å². The summed E-state index contributed by atoms with van der Waals surface area (Å²) in [5.41, 5.74) is 5.23. The smallest absolute Gasteiger partial charge is 0.233 e. The van der Waals surface area contributed by atoms with Crippen LogP contribution in [-0.2, 0) is 11.2 Å². The van der Waals surface area contributed by atoms with Crippen molar-refractivity contribution >= 4 is 17.7 Å². The van der Waals surface area contributed by atoms with Crippen LogP contribution in [0.4, 0.5) is 0 Å². The van der Waals surface area contributed by atoms with Gasteiger partial charge in [0.05, 0.1) is 10.9 Å². The number of thioether (sulfide) groups is 1. The molecule has 0 spiro atoms. The lowest BCUT2D eigenvalue weighted by Crippen LogP contribution is -2.32. The third-order valence-electron chi connectivity index (χ3n) is 3.80. The summed E-state index contributed by atoms with van der Waals surface area (Å²) < 4.78 is 0. The molecule has 1 atom stereocenters. The molecule has 6 nitrogen and oxygen atoms in total. The monoisotopic (exact) mass is 347 g/mol. The highest BCUT2D eigenvalue weighted by atomic mass is 32.2. The average molecular weight is 347 g/mol. The lowest BCUT2D eigenvalue weighted by atomic mass is 10.1. The number of rotatable bonds is 7. The number of hydrogen-bond acceptors (Lipinski definition) is 5. The van der Waals surface area contributed by atoms with E-state index >= 15 is 0 Å². The molecule has 0 radical (unpaired) electrons. The van der Waals surface area contributed by atoms with Crippen LogP contribution >= 0.6 is 11.8 Å². The van der Waals surface area contributed by atoms with Crippen LogP contribution in [0.1, 0.15) is 41.7 Å². The van der Waals surface area contributed by atoms with Crippen molar-refractivity contribution in [1.29, 1.82) is 0 Å². The predicted octanol–water partition coefficient (Wildman–Crippen LogP) is 2.66. The fourth-order valence-corrected chi connectivity index (χ4v) is 3.42. The zero-order valence-corrected chi connectivity index (χ0v) is 15.8. The van der Waals surface area contributed by atoms with Crippen molar-refractivity contribution in [3.8, 4) is 0 Å². The van der Waals surface area contributed by atoms with Gasteiger partial charge in [-0.1, -0.05) is 11.8 Å². The third kappa shape index (κ3) is 5.06. The molecule has 2 N–H and O–H groups in total. The number of aromatic amines is 1. The van der Waals surface area contributed by atoms with Gasteiger partial charge in [0.1, 0.15) is 0 Å². The number of aryl methyl sites for hydroxylation is 4. The van der Waals surface area contributed by atoms with Crippen LogP contribution in [0.3, 0.4) is 0 Å². The van der Waals surface area contributed by atoms with Crippen LogP contribution in [0.2, 0.25) is 0 Å². The summed E-state index contributed by atoms with van der Waals surface area (Å²) in [5, 5.41) is 10.6. The van der Waals surface area contributed by atoms with E-state index in [0.29, 0.717) is 11.7 Å². The minimum Gasteiger partial charge on any atom is -0.355 e. The van der Waals surface area contributed by atoms with E-state index in [-0.39, 0.29) is 11.2 Å². The zero-order valence-electron chi connectivity index (χ0n) is 14.9. The van der Waals surface area contributed by atoms with Crippen LogP contribution in [-0.4, -0.2) is 37.9 Å². The summed E-state index contributed by atoms with van der Waals surface area (Å²) in [4.78, 5) is 20.9. The normalized spacial score (nSPS) is 12.2. The molecule has 0 unspecified atom stereocenters. The molecule has 24 heavy (non-hydrogen) atoms. The Hall–Kier alpha value is -1.89. The van der Waals surface area contributed by atoms with Gasteiger partial charge in [-0.05, 0) is 59.1 Å². The number of nitrogens with zero attached hydrogens (tertiary/aromatic N) is 3. The van der Waals surface area contributed by atoms with Gasteiger partial charge in [-0.25, -0.2) is 9.97 Å². The zero-order chi connectivity index (χ0) is 17.7. The molecule has 0 saturated carbocycles. The number of hydrogen-bond donors (Lipinski definition) is 2. The number of amides is 1. The van der Waals surface area contributed by atoms with Crippen molar-refractivity contribution in [3.63, 3.8) is 0 Å². The molecule has 7 heteroatoms. The molecule has 0 saturated heterocycles. The molecule has 2 heterocycles. The number of H-pyrrole nitrogens is 1. The largest absolute Gasteiger partial charge is 0.355 e. The highest BCUT2D eigenvalue weighted by molar-refractivity contribution is 8.00.